The molecule has 0 saturated carbocycles. The van der Waals surface area contributed by atoms with Crippen LogP contribution in [0.4, 0.5) is 5.69 Å². The van der Waals surface area contributed by atoms with Gasteiger partial charge in [-0.15, -0.1) is 0 Å². The predicted molar refractivity (Wildman–Crippen MR) is 148 cm³/mol. The third-order valence-electron chi connectivity index (χ3n) is 6.07. The van der Waals surface area contributed by atoms with Crippen molar-refractivity contribution in [2.45, 2.75) is 52.1 Å². The molecular weight excluding hydrogens is 553 g/mol. The number of hydrogen-bond donors (Lipinski definition) is 1. The Labute approximate surface area is 234 Å². The van der Waals surface area contributed by atoms with Gasteiger partial charge in [0.2, 0.25) is 28.6 Å². The van der Waals surface area contributed by atoms with Crippen molar-refractivity contribution < 1.29 is 27.5 Å². The van der Waals surface area contributed by atoms with E-state index in [4.69, 9.17) is 32.7 Å². The van der Waals surface area contributed by atoms with E-state index in [0.29, 0.717) is 40.2 Å². The number of benzene rings is 2. The van der Waals surface area contributed by atoms with Crippen molar-refractivity contribution in [3.8, 4) is 11.5 Å². The summed E-state index contributed by atoms with van der Waals surface area (Å²) in [7, 11) is -3.63. The highest BCUT2D eigenvalue weighted by molar-refractivity contribution is 7.92. The van der Waals surface area contributed by atoms with E-state index in [2.05, 4.69) is 5.32 Å². The van der Waals surface area contributed by atoms with Gasteiger partial charge in [-0.1, -0.05) is 43.1 Å². The molecule has 9 nitrogen and oxygen atoms in total. The van der Waals surface area contributed by atoms with Crippen molar-refractivity contribution in [2.24, 2.45) is 0 Å². The molecule has 2 amide bonds. The first kappa shape index (κ1) is 29.9. The fourth-order valence-corrected chi connectivity index (χ4v) is 5.44. The fraction of sp³-hybridized carbons (Fsp3) is 0.462. The lowest BCUT2D eigenvalue weighted by molar-refractivity contribution is -0.141. The summed E-state index contributed by atoms with van der Waals surface area (Å²) in [5, 5.41) is 3.62. The lowest BCUT2D eigenvalue weighted by Gasteiger charge is -2.31. The van der Waals surface area contributed by atoms with Gasteiger partial charge in [-0.2, -0.15) is 0 Å². The second kappa shape index (κ2) is 13.4. The SMILES string of the molecule is CCCNC(=O)[C@@H](CC)N(Cc1ccc(Cl)c(Cl)c1)C(=O)CCCN(c1ccc2c(c1)OCO2)S(C)(=O)=O. The Balaban J connectivity index is 1.77. The van der Waals surface area contributed by atoms with E-state index in [1.54, 1.807) is 36.4 Å². The normalized spacial score (nSPS) is 13.2. The molecule has 1 N–H and O–H groups in total. The van der Waals surface area contributed by atoms with E-state index < -0.39 is 16.1 Å². The maximum atomic E-state index is 13.5. The molecule has 38 heavy (non-hydrogen) atoms. The minimum absolute atomic E-state index is 0.0372. The zero-order valence-electron chi connectivity index (χ0n) is 21.7. The molecule has 1 aliphatic heterocycles. The van der Waals surface area contributed by atoms with Crippen LogP contribution in [0.5, 0.6) is 11.5 Å². The van der Waals surface area contributed by atoms with Crippen molar-refractivity contribution in [1.29, 1.82) is 0 Å². The summed E-state index contributed by atoms with van der Waals surface area (Å²) < 4.78 is 37.1. The lowest BCUT2D eigenvalue weighted by Crippen LogP contribution is -2.49. The maximum Gasteiger partial charge on any atom is 0.242 e. The van der Waals surface area contributed by atoms with E-state index in [9.17, 15) is 18.0 Å². The molecule has 0 saturated heterocycles. The molecular formula is C26H33Cl2N3O6S. The van der Waals surface area contributed by atoms with Crippen LogP contribution >= 0.6 is 23.2 Å². The number of nitrogens with zero attached hydrogens (tertiary/aromatic N) is 2. The number of carbonyl (C=O) groups is 2. The van der Waals surface area contributed by atoms with E-state index in [1.165, 1.54) is 9.21 Å². The van der Waals surface area contributed by atoms with Gasteiger partial charge in [0.1, 0.15) is 6.04 Å². The molecule has 2 aromatic rings. The Kier molecular flexibility index (Phi) is 10.5. The zero-order valence-corrected chi connectivity index (χ0v) is 24.0. The van der Waals surface area contributed by atoms with Crippen LogP contribution in [0, 0.1) is 0 Å². The van der Waals surface area contributed by atoms with Gasteiger partial charge < -0.3 is 19.7 Å². The summed E-state index contributed by atoms with van der Waals surface area (Å²) >= 11 is 12.2. The predicted octanol–water partition coefficient (Wildman–Crippen LogP) is 4.60. The Morgan fingerprint density at radius 1 is 1.05 bits per heavy atom. The van der Waals surface area contributed by atoms with E-state index in [-0.39, 0.29) is 44.5 Å². The van der Waals surface area contributed by atoms with Crippen molar-refractivity contribution >= 4 is 50.7 Å². The number of amides is 2. The number of hydrogen-bond acceptors (Lipinski definition) is 6. The number of ether oxygens (including phenoxy) is 2. The number of nitrogens with one attached hydrogen (secondary N) is 1. The molecule has 1 aliphatic rings. The Hall–Kier alpha value is -2.69. The molecule has 0 fully saturated rings. The number of halogens is 2. The average Bonchev–Trinajstić information content (AvgIpc) is 3.34. The molecule has 0 spiro atoms. The minimum atomic E-state index is -3.63. The summed E-state index contributed by atoms with van der Waals surface area (Å²) in [4.78, 5) is 27.9. The number of carbonyl (C=O) groups excluding carboxylic acids is 2. The first-order valence-electron chi connectivity index (χ1n) is 12.4. The highest BCUT2D eigenvalue weighted by Gasteiger charge is 2.29. The summed E-state index contributed by atoms with van der Waals surface area (Å²) in [6.45, 7) is 4.60. The zero-order chi connectivity index (χ0) is 27.9. The van der Waals surface area contributed by atoms with Gasteiger partial charge >= 0.3 is 0 Å². The van der Waals surface area contributed by atoms with Crippen LogP contribution in [0.2, 0.25) is 10.0 Å². The maximum absolute atomic E-state index is 13.5. The van der Waals surface area contributed by atoms with Crippen molar-refractivity contribution in [1.82, 2.24) is 10.2 Å². The number of anilines is 1. The van der Waals surface area contributed by atoms with Crippen molar-refractivity contribution in [2.75, 3.05) is 30.4 Å². The van der Waals surface area contributed by atoms with Gasteiger partial charge in [0.25, 0.3) is 0 Å². The molecule has 0 bridgehead atoms. The Morgan fingerprint density at radius 2 is 1.79 bits per heavy atom. The molecule has 208 valence electrons. The van der Waals surface area contributed by atoms with Crippen LogP contribution in [-0.4, -0.2) is 57.3 Å². The quantitative estimate of drug-likeness (QED) is 0.368. The molecule has 0 aromatic heterocycles. The number of sulfonamides is 1. The summed E-state index contributed by atoms with van der Waals surface area (Å²) in [5.41, 5.74) is 1.15. The van der Waals surface area contributed by atoms with Gasteiger partial charge in [-0.05, 0) is 49.1 Å². The van der Waals surface area contributed by atoms with E-state index in [1.807, 2.05) is 13.8 Å². The van der Waals surface area contributed by atoms with Crippen LogP contribution in [0.1, 0.15) is 45.1 Å². The Morgan fingerprint density at radius 3 is 2.45 bits per heavy atom. The topological polar surface area (TPSA) is 105 Å². The van der Waals surface area contributed by atoms with Gasteiger partial charge in [0, 0.05) is 32.1 Å². The summed E-state index contributed by atoms with van der Waals surface area (Å²) in [5.74, 6) is 0.501. The first-order chi connectivity index (χ1) is 18.0. The highest BCUT2D eigenvalue weighted by Crippen LogP contribution is 2.36. The fourth-order valence-electron chi connectivity index (χ4n) is 4.16. The van der Waals surface area contributed by atoms with E-state index in [0.717, 1.165) is 18.2 Å². The molecule has 0 aliphatic carbocycles. The monoisotopic (exact) mass is 585 g/mol. The first-order valence-corrected chi connectivity index (χ1v) is 15.0. The molecule has 1 atom stereocenters. The second-order valence-corrected chi connectivity index (χ2v) is 11.7. The van der Waals surface area contributed by atoms with Crippen LogP contribution in [0.3, 0.4) is 0 Å². The van der Waals surface area contributed by atoms with Gasteiger partial charge in [0.15, 0.2) is 11.5 Å². The van der Waals surface area contributed by atoms with Crippen LogP contribution in [-0.2, 0) is 26.2 Å². The average molecular weight is 587 g/mol. The minimum Gasteiger partial charge on any atom is -0.454 e. The number of fused-ring (bicyclic) bond motifs is 1. The van der Waals surface area contributed by atoms with Crippen LogP contribution < -0.4 is 19.1 Å². The third kappa shape index (κ3) is 7.68. The largest absolute Gasteiger partial charge is 0.454 e. The molecule has 0 radical (unpaired) electrons. The standard InChI is InChI=1S/C26H33Cl2N3O6S/c1-4-12-29-26(33)22(5-2)30(16-18-8-10-20(27)21(28)14-18)25(32)7-6-13-31(38(3,34)35)19-9-11-23-24(15-19)37-17-36-23/h8-11,14-15,22H,4-7,12-13,16-17H2,1-3H3,(H,29,33)/t22-/m1/s1. The van der Waals surface area contributed by atoms with Gasteiger partial charge in [-0.3, -0.25) is 13.9 Å². The van der Waals surface area contributed by atoms with Crippen LogP contribution in [0.15, 0.2) is 36.4 Å². The molecule has 2 aromatic carbocycles. The molecule has 12 heteroatoms. The summed E-state index contributed by atoms with van der Waals surface area (Å²) in [6.07, 6.45) is 2.57. The number of rotatable bonds is 13. The van der Waals surface area contributed by atoms with Crippen molar-refractivity contribution in [3.63, 3.8) is 0 Å². The van der Waals surface area contributed by atoms with Gasteiger partial charge in [0.05, 0.1) is 22.0 Å². The molecule has 3 rings (SSSR count). The highest BCUT2D eigenvalue weighted by atomic mass is 35.5. The molecule has 0 unspecified atom stereocenters. The smallest absolute Gasteiger partial charge is 0.242 e. The van der Waals surface area contributed by atoms with Crippen molar-refractivity contribution in [3.05, 3.63) is 52.0 Å². The van der Waals surface area contributed by atoms with E-state index >= 15 is 0 Å². The second-order valence-electron chi connectivity index (χ2n) is 8.96. The summed E-state index contributed by atoms with van der Waals surface area (Å²) in [6, 6.07) is 9.28. The Bertz CT molecular complexity index is 1260. The van der Waals surface area contributed by atoms with Gasteiger partial charge in [-0.25, -0.2) is 8.42 Å². The third-order valence-corrected chi connectivity index (χ3v) is 8.00. The van der Waals surface area contributed by atoms with Crippen LogP contribution in [0.25, 0.3) is 0 Å². The lowest BCUT2D eigenvalue weighted by atomic mass is 10.1. The molecule has 1 heterocycles.